The van der Waals surface area contributed by atoms with Crippen LogP contribution in [0.1, 0.15) is 12.8 Å². The molecule has 0 saturated heterocycles. The van der Waals surface area contributed by atoms with Gasteiger partial charge in [0.2, 0.25) is 0 Å². The van der Waals surface area contributed by atoms with Crippen molar-refractivity contribution >= 4 is 0 Å². The van der Waals surface area contributed by atoms with Gasteiger partial charge in [-0.25, -0.2) is 0 Å². The second-order valence-electron chi connectivity index (χ2n) is 2.93. The highest BCUT2D eigenvalue weighted by Crippen LogP contribution is 2.16. The van der Waals surface area contributed by atoms with Crippen LogP contribution in [-0.2, 0) is 0 Å². The highest BCUT2D eigenvalue weighted by molar-refractivity contribution is 4.89. The van der Waals surface area contributed by atoms with Crippen molar-refractivity contribution in [2.75, 3.05) is 0 Å². The summed E-state index contributed by atoms with van der Waals surface area (Å²) < 4.78 is 0. The monoisotopic (exact) mass is 146 g/mol. The molecule has 1 saturated carbocycles. The first-order valence-corrected chi connectivity index (χ1v) is 3.48. The Hall–Kier alpha value is -0.160. The maximum absolute atomic E-state index is 9.08. The van der Waals surface area contributed by atoms with Crippen molar-refractivity contribution in [3.63, 3.8) is 0 Å². The molecule has 60 valence electrons. The molecule has 0 bridgehead atoms. The van der Waals surface area contributed by atoms with Crippen molar-refractivity contribution in [3.05, 3.63) is 0 Å². The van der Waals surface area contributed by atoms with E-state index in [2.05, 4.69) is 0 Å². The zero-order valence-corrected chi connectivity index (χ0v) is 5.77. The number of nitrogens with two attached hydrogens (primary N) is 2. The number of aliphatic hydroxyl groups excluding tert-OH is 2. The van der Waals surface area contributed by atoms with Crippen LogP contribution in [0.4, 0.5) is 0 Å². The second kappa shape index (κ2) is 2.84. The van der Waals surface area contributed by atoms with Gasteiger partial charge < -0.3 is 21.7 Å². The molecule has 0 unspecified atom stereocenters. The Kier molecular flexibility index (Phi) is 2.25. The minimum absolute atomic E-state index is 0.168. The highest BCUT2D eigenvalue weighted by atomic mass is 16.3. The summed E-state index contributed by atoms with van der Waals surface area (Å²) in [6.07, 6.45) is -0.561. The third kappa shape index (κ3) is 1.46. The molecule has 0 aliphatic heterocycles. The molecular formula is C6H14N2O2. The van der Waals surface area contributed by atoms with Gasteiger partial charge in [0.15, 0.2) is 0 Å². The van der Waals surface area contributed by atoms with Crippen molar-refractivity contribution in [2.45, 2.75) is 37.1 Å². The first-order valence-electron chi connectivity index (χ1n) is 3.48. The molecule has 1 rings (SSSR count). The molecule has 6 N–H and O–H groups in total. The molecular weight excluding hydrogens is 132 g/mol. The lowest BCUT2D eigenvalue weighted by atomic mass is 9.87. The van der Waals surface area contributed by atoms with Crippen LogP contribution in [0.5, 0.6) is 0 Å². The SMILES string of the molecule is N[C@@H]1C[C@@H](O)[C@H](O)C[C@H]1N. The Labute approximate surface area is 59.8 Å². The molecule has 1 aliphatic rings. The Balaban J connectivity index is 2.46. The molecule has 4 atom stereocenters. The van der Waals surface area contributed by atoms with Gasteiger partial charge in [0.25, 0.3) is 0 Å². The Morgan fingerprint density at radius 3 is 1.50 bits per heavy atom. The van der Waals surface area contributed by atoms with Gasteiger partial charge in [-0.05, 0) is 12.8 Å². The van der Waals surface area contributed by atoms with Crippen LogP contribution in [0.25, 0.3) is 0 Å². The maximum atomic E-state index is 9.08. The number of aliphatic hydroxyl groups is 2. The molecule has 0 aromatic rings. The molecule has 1 fully saturated rings. The molecule has 0 radical (unpaired) electrons. The van der Waals surface area contributed by atoms with E-state index in [1.807, 2.05) is 0 Å². The predicted molar refractivity (Wildman–Crippen MR) is 37.2 cm³/mol. The first-order chi connectivity index (χ1) is 4.61. The molecule has 4 nitrogen and oxygen atoms in total. The van der Waals surface area contributed by atoms with Crippen LogP contribution in [0.15, 0.2) is 0 Å². The van der Waals surface area contributed by atoms with E-state index >= 15 is 0 Å². The zero-order chi connectivity index (χ0) is 7.72. The molecule has 0 aromatic heterocycles. The van der Waals surface area contributed by atoms with Crippen molar-refractivity contribution in [1.29, 1.82) is 0 Å². The van der Waals surface area contributed by atoms with Crippen molar-refractivity contribution in [3.8, 4) is 0 Å². The van der Waals surface area contributed by atoms with Crippen LogP contribution in [0, 0.1) is 0 Å². The minimum Gasteiger partial charge on any atom is -0.390 e. The predicted octanol–water partition coefficient (Wildman–Crippen LogP) is -1.84. The van der Waals surface area contributed by atoms with E-state index in [9.17, 15) is 0 Å². The largest absolute Gasteiger partial charge is 0.390 e. The van der Waals surface area contributed by atoms with E-state index in [4.69, 9.17) is 21.7 Å². The van der Waals surface area contributed by atoms with Gasteiger partial charge in [-0.15, -0.1) is 0 Å². The van der Waals surface area contributed by atoms with Gasteiger partial charge >= 0.3 is 0 Å². The quantitative estimate of drug-likeness (QED) is 0.323. The Morgan fingerprint density at radius 1 is 0.900 bits per heavy atom. The van der Waals surface area contributed by atoms with Gasteiger partial charge in [-0.2, -0.15) is 0 Å². The second-order valence-corrected chi connectivity index (χ2v) is 2.93. The van der Waals surface area contributed by atoms with Gasteiger partial charge in [0, 0.05) is 12.1 Å². The van der Waals surface area contributed by atoms with Gasteiger partial charge in [-0.3, -0.25) is 0 Å². The molecule has 0 heterocycles. The minimum atomic E-state index is -0.685. The smallest absolute Gasteiger partial charge is 0.0815 e. The summed E-state index contributed by atoms with van der Waals surface area (Å²) in [6.45, 7) is 0. The van der Waals surface area contributed by atoms with Crippen molar-refractivity contribution in [1.82, 2.24) is 0 Å². The fraction of sp³-hybridized carbons (Fsp3) is 1.00. The fourth-order valence-electron chi connectivity index (χ4n) is 1.22. The topological polar surface area (TPSA) is 92.5 Å². The van der Waals surface area contributed by atoms with Crippen LogP contribution >= 0.6 is 0 Å². The van der Waals surface area contributed by atoms with Crippen molar-refractivity contribution in [2.24, 2.45) is 11.5 Å². The van der Waals surface area contributed by atoms with E-state index in [1.54, 1.807) is 0 Å². The molecule has 0 aromatic carbocycles. The normalized spacial score (nSPS) is 49.2. The van der Waals surface area contributed by atoms with E-state index in [-0.39, 0.29) is 12.1 Å². The van der Waals surface area contributed by atoms with Crippen LogP contribution in [0.2, 0.25) is 0 Å². The molecule has 1 aliphatic carbocycles. The summed E-state index contributed by atoms with van der Waals surface area (Å²) >= 11 is 0. The van der Waals surface area contributed by atoms with Crippen LogP contribution in [-0.4, -0.2) is 34.5 Å². The van der Waals surface area contributed by atoms with Crippen LogP contribution in [0.3, 0.4) is 0 Å². The van der Waals surface area contributed by atoms with E-state index in [0.29, 0.717) is 12.8 Å². The fourth-order valence-corrected chi connectivity index (χ4v) is 1.22. The Bertz CT molecular complexity index is 94.3. The molecule has 0 amide bonds. The van der Waals surface area contributed by atoms with Gasteiger partial charge in [0.05, 0.1) is 12.2 Å². The van der Waals surface area contributed by atoms with E-state index in [1.165, 1.54) is 0 Å². The van der Waals surface area contributed by atoms with E-state index < -0.39 is 12.2 Å². The average molecular weight is 146 g/mol. The molecule has 4 heteroatoms. The summed E-state index contributed by atoms with van der Waals surface area (Å²) in [5, 5.41) is 18.2. The molecule has 0 spiro atoms. The highest BCUT2D eigenvalue weighted by Gasteiger charge is 2.30. The summed E-state index contributed by atoms with van der Waals surface area (Å²) in [7, 11) is 0. The third-order valence-corrected chi connectivity index (χ3v) is 2.02. The number of rotatable bonds is 0. The van der Waals surface area contributed by atoms with Gasteiger partial charge in [0.1, 0.15) is 0 Å². The zero-order valence-electron chi connectivity index (χ0n) is 5.77. The maximum Gasteiger partial charge on any atom is 0.0815 e. The lowest BCUT2D eigenvalue weighted by Gasteiger charge is -2.32. The van der Waals surface area contributed by atoms with Gasteiger partial charge in [-0.1, -0.05) is 0 Å². The third-order valence-electron chi connectivity index (χ3n) is 2.02. The summed E-state index contributed by atoms with van der Waals surface area (Å²) in [6, 6.07) is -0.336. The summed E-state index contributed by atoms with van der Waals surface area (Å²) in [5.41, 5.74) is 11.1. The molecule has 10 heavy (non-hydrogen) atoms. The van der Waals surface area contributed by atoms with Crippen molar-refractivity contribution < 1.29 is 10.2 Å². The lowest BCUT2D eigenvalue weighted by molar-refractivity contribution is -0.0198. The number of hydrogen-bond acceptors (Lipinski definition) is 4. The van der Waals surface area contributed by atoms with E-state index in [0.717, 1.165) is 0 Å². The first kappa shape index (κ1) is 7.94. The average Bonchev–Trinajstić information content (AvgIpc) is 1.84. The summed E-state index contributed by atoms with van der Waals surface area (Å²) in [5.74, 6) is 0. The van der Waals surface area contributed by atoms with Crippen LogP contribution < -0.4 is 11.5 Å². The summed E-state index contributed by atoms with van der Waals surface area (Å²) in [4.78, 5) is 0. The standard InChI is InChI=1S/C6H14N2O2/c7-3-1-5(9)6(10)2-4(3)8/h3-6,9-10H,1-2,7-8H2/t3-,4-,5-,6-/m1/s1. The Morgan fingerprint density at radius 2 is 1.20 bits per heavy atom. The lowest BCUT2D eigenvalue weighted by Crippen LogP contribution is -2.52. The number of hydrogen-bond donors (Lipinski definition) is 4.